The Morgan fingerprint density at radius 2 is 2.33 bits per heavy atom. The molecule has 0 radical (unpaired) electrons. The van der Waals surface area contributed by atoms with Crippen molar-refractivity contribution in [2.75, 3.05) is 26.0 Å². The number of thiophene rings is 1. The van der Waals surface area contributed by atoms with Crippen molar-refractivity contribution in [3.63, 3.8) is 0 Å². The van der Waals surface area contributed by atoms with E-state index in [2.05, 4.69) is 0 Å². The molecule has 7 heteroatoms. The molecule has 1 amide bonds. The van der Waals surface area contributed by atoms with Crippen LogP contribution >= 0.6 is 11.3 Å². The van der Waals surface area contributed by atoms with Crippen LogP contribution in [0.2, 0.25) is 1.41 Å². The minimum Gasteiger partial charge on any atom is -0.506 e. The second-order valence-corrected chi connectivity index (χ2v) is 6.55. The Morgan fingerprint density at radius 1 is 1.63 bits per heavy atom. The Bertz CT molecular complexity index is 1500. The van der Waals surface area contributed by atoms with Gasteiger partial charge in [-0.15, -0.1) is 11.3 Å². The highest BCUT2D eigenvalue weighted by Gasteiger charge is 2.23. The van der Waals surface area contributed by atoms with Crippen molar-refractivity contribution < 1.29 is 31.9 Å². The molecular formula is C20H29N3O3S. The average molecular weight is 408 g/mol. The third-order valence-electron chi connectivity index (χ3n) is 3.57. The Kier molecular flexibility index (Phi) is 2.46. The third kappa shape index (κ3) is 4.19. The van der Waals surface area contributed by atoms with Crippen LogP contribution in [0.1, 0.15) is 76.9 Å². The van der Waals surface area contributed by atoms with Crippen molar-refractivity contribution in [1.29, 1.82) is 0 Å². The number of amides is 1. The van der Waals surface area contributed by atoms with Crippen LogP contribution in [0.15, 0.2) is 16.2 Å². The van der Waals surface area contributed by atoms with E-state index in [0.717, 1.165) is 0 Å². The lowest BCUT2D eigenvalue weighted by atomic mass is 9.99. The van der Waals surface area contributed by atoms with Crippen molar-refractivity contribution in [2.24, 2.45) is 5.89 Å². The molecule has 2 N–H and O–H groups in total. The predicted octanol–water partition coefficient (Wildman–Crippen LogP) is 3.20. The fourth-order valence-electron chi connectivity index (χ4n) is 2.32. The minimum atomic E-state index is -3.59. The number of nitrogens with one attached hydrogen (secondary N) is 1. The summed E-state index contributed by atoms with van der Waals surface area (Å²) >= 11 is 0.558. The van der Waals surface area contributed by atoms with E-state index in [4.69, 9.17) is 22.0 Å². The van der Waals surface area contributed by atoms with Crippen LogP contribution in [0.5, 0.6) is 5.75 Å². The van der Waals surface area contributed by atoms with E-state index < -0.39 is 102 Å². The summed E-state index contributed by atoms with van der Waals surface area (Å²) < 4.78 is 132. The molecule has 1 unspecified atom stereocenters. The summed E-state index contributed by atoms with van der Waals surface area (Å²) in [5, 5.41) is 9.40. The molecule has 3 rings (SSSR count). The number of hydrogen-bond acceptors (Lipinski definition) is 5. The fraction of sp³-hybridized carbons (Fsp3) is 0.600. The van der Waals surface area contributed by atoms with Gasteiger partial charge in [0.2, 0.25) is 0 Å². The van der Waals surface area contributed by atoms with E-state index in [9.17, 15) is 14.7 Å². The first kappa shape index (κ1) is 7.87. The summed E-state index contributed by atoms with van der Waals surface area (Å²) in [5.74, 6) is -6.04. The van der Waals surface area contributed by atoms with Crippen LogP contribution < -0.4 is 10.9 Å². The van der Waals surface area contributed by atoms with Gasteiger partial charge in [-0.05, 0) is 69.8 Å². The second kappa shape index (κ2) is 8.44. The molecule has 1 saturated heterocycles. The van der Waals surface area contributed by atoms with E-state index in [0.29, 0.717) is 22.8 Å². The van der Waals surface area contributed by atoms with Crippen molar-refractivity contribution in [1.82, 2.24) is 14.8 Å². The van der Waals surface area contributed by atoms with Crippen LogP contribution in [-0.4, -0.2) is 46.5 Å². The van der Waals surface area contributed by atoms with E-state index in [1.54, 1.807) is 0 Å². The van der Waals surface area contributed by atoms with Gasteiger partial charge in [-0.25, -0.2) is 0 Å². The molecule has 0 bridgehead atoms. The largest absolute Gasteiger partial charge is 0.506 e. The number of carbonyl (C=O) groups is 1. The van der Waals surface area contributed by atoms with Crippen molar-refractivity contribution >= 4 is 27.5 Å². The molecule has 148 valence electrons. The average Bonchev–Trinajstić information content (AvgIpc) is 3.09. The van der Waals surface area contributed by atoms with Gasteiger partial charge in [-0.3, -0.25) is 14.2 Å². The Balaban J connectivity index is 2.12. The van der Waals surface area contributed by atoms with E-state index >= 15 is 0 Å². The predicted molar refractivity (Wildman–Crippen MR) is 110 cm³/mol. The number of likely N-dealkylation sites (tertiary alicyclic amines) is 1. The van der Waals surface area contributed by atoms with Crippen molar-refractivity contribution in [3.05, 3.63) is 27.3 Å². The highest BCUT2D eigenvalue weighted by Crippen LogP contribution is 2.31. The van der Waals surface area contributed by atoms with Gasteiger partial charge in [0.1, 0.15) is 16.1 Å². The zero-order valence-corrected chi connectivity index (χ0v) is 15.6. The van der Waals surface area contributed by atoms with Gasteiger partial charge in [-0.2, -0.15) is 0 Å². The molecule has 1 atom stereocenters. The van der Waals surface area contributed by atoms with Crippen molar-refractivity contribution in [3.8, 4) is 5.75 Å². The van der Waals surface area contributed by atoms with Gasteiger partial charge in [0, 0.05) is 29.0 Å². The smallest absolute Gasteiger partial charge is 0.268 e. The number of aromatic nitrogens is 1. The lowest BCUT2D eigenvalue weighted by molar-refractivity contribution is 0.0946. The van der Waals surface area contributed by atoms with Crippen LogP contribution in [-0.2, 0) is 0 Å². The molecule has 1 fully saturated rings. The van der Waals surface area contributed by atoms with Crippen LogP contribution in [0, 0.1) is 5.89 Å². The molecule has 2 aromatic rings. The molecule has 2 aromatic heterocycles. The van der Waals surface area contributed by atoms with Crippen molar-refractivity contribution in [2.45, 2.75) is 46.0 Å². The Hall–Kier alpha value is -1.86. The number of fused-ring (bicyclic) bond motifs is 1. The highest BCUT2D eigenvalue weighted by molar-refractivity contribution is 7.16. The number of rotatable bonds is 6. The van der Waals surface area contributed by atoms with Gasteiger partial charge in [0.15, 0.2) is 1.41 Å². The van der Waals surface area contributed by atoms with Gasteiger partial charge in [0.05, 0.1) is 9.50 Å². The molecule has 1 aliphatic rings. The first-order valence-corrected chi connectivity index (χ1v) is 8.69. The number of aromatic hydroxyl groups is 1. The number of piperidine rings is 1. The first-order chi connectivity index (χ1) is 18.9. The summed E-state index contributed by atoms with van der Waals surface area (Å²) in [6.07, 6.45) is -8.42. The molecule has 27 heavy (non-hydrogen) atoms. The van der Waals surface area contributed by atoms with E-state index in [1.165, 1.54) is 13.8 Å². The van der Waals surface area contributed by atoms with Crippen LogP contribution in [0.3, 0.4) is 0 Å². The van der Waals surface area contributed by atoms with Gasteiger partial charge >= 0.3 is 0 Å². The number of carbonyl (C=O) groups excluding carboxylic acids is 1. The molecule has 1 aliphatic heterocycles. The molecule has 0 aliphatic carbocycles. The van der Waals surface area contributed by atoms with E-state index in [1.807, 2.05) is 0 Å². The highest BCUT2D eigenvalue weighted by atomic mass is 32.1. The zero-order valence-electron chi connectivity index (χ0n) is 30.8. The molecule has 0 aromatic carbocycles. The molecule has 6 nitrogen and oxygen atoms in total. The minimum absolute atomic E-state index is 0.209. The summed E-state index contributed by atoms with van der Waals surface area (Å²) in [6.45, 7) is -10.0. The summed E-state index contributed by atoms with van der Waals surface area (Å²) in [5.41, 5.74) is -2.62. The lowest BCUT2D eigenvalue weighted by Gasteiger charge is -2.30. The lowest BCUT2D eigenvalue weighted by Crippen LogP contribution is -2.37. The number of nitrogens with zero attached hydrogens (tertiary/aromatic N) is 2. The standard InChI is InChI=1S/C20H29N3O3S/c1-13(2)23-19(26)16(17(24)15-7-12-27-20(15)23)18(25)21-8-4-9-22-10-5-14(3)6-11-22/h7,12-14,24H,4-6,8-11H2,1-3H3,(H,21,25)/i5D2,6D2,7D,8D2,9D,10D2,11D2,12D,13D,14D/hD. The van der Waals surface area contributed by atoms with Gasteiger partial charge < -0.3 is 15.3 Å². The van der Waals surface area contributed by atoms with Crippen LogP contribution in [0.4, 0.5) is 0 Å². The fourth-order valence-corrected chi connectivity index (χ4v) is 3.18. The normalized spacial score (nSPS) is 35.7. The Morgan fingerprint density at radius 3 is 3.00 bits per heavy atom. The maximum absolute atomic E-state index is 13.4. The molecular weight excluding hydrogens is 362 g/mol. The monoisotopic (exact) mass is 407 g/mol. The third-order valence-corrected chi connectivity index (χ3v) is 4.35. The topological polar surface area (TPSA) is 74.6 Å². The molecule has 3 heterocycles. The zero-order chi connectivity index (χ0) is 33.8. The quantitative estimate of drug-likeness (QED) is 0.771. The first-order valence-electron chi connectivity index (χ1n) is 15.9. The second-order valence-electron chi connectivity index (χ2n) is 5.75. The number of hydrogen-bond donors (Lipinski definition) is 2. The summed E-state index contributed by atoms with van der Waals surface area (Å²) in [6, 6.07) is -2.45. The maximum Gasteiger partial charge on any atom is 0.268 e. The van der Waals surface area contributed by atoms with E-state index in [-0.39, 0.29) is 9.73 Å². The Labute approximate surface area is 186 Å². The maximum atomic E-state index is 13.4. The molecule has 0 spiro atoms. The van der Waals surface area contributed by atoms with Crippen LogP contribution in [0.25, 0.3) is 10.2 Å². The number of pyridine rings is 1. The van der Waals surface area contributed by atoms with Gasteiger partial charge in [0.25, 0.3) is 11.5 Å². The SMILES string of the molecule is [2H]c1sc2c(c1[2H])c(O)c(C(=O)N([2H])C([2H])([2H])CC([2H])N1C([2H])([2H])C([2H])([2H])C([2H])(C)C([2H])([2H])C1([2H])[2H])c(=O)n2C([2H])(C)C. The van der Waals surface area contributed by atoms with Gasteiger partial charge in [-0.1, -0.05) is 6.92 Å². The molecule has 0 saturated carbocycles. The summed E-state index contributed by atoms with van der Waals surface area (Å²) in [4.78, 5) is 26.3. The summed E-state index contributed by atoms with van der Waals surface area (Å²) in [7, 11) is 0.